The Bertz CT molecular complexity index is 711. The highest BCUT2D eigenvalue weighted by Gasteiger charge is 2.32. The van der Waals surface area contributed by atoms with Crippen molar-refractivity contribution in [2.75, 3.05) is 20.8 Å². The van der Waals surface area contributed by atoms with Crippen LogP contribution in [0.1, 0.15) is 54.9 Å². The highest BCUT2D eigenvalue weighted by Crippen LogP contribution is 2.40. The average molecular weight is 329 g/mol. The Kier molecular flexibility index (Phi) is 4.14. The number of hydrogen-bond donors (Lipinski definition) is 0. The maximum absolute atomic E-state index is 5.58. The maximum Gasteiger partial charge on any atom is 0.240 e. The lowest BCUT2D eigenvalue weighted by Crippen LogP contribution is -2.23. The molecule has 0 spiro atoms. The summed E-state index contributed by atoms with van der Waals surface area (Å²) in [5, 5.41) is 4.12. The van der Waals surface area contributed by atoms with Crippen LogP contribution in [0.25, 0.3) is 0 Å². The fraction of sp³-hybridized carbons (Fsp3) is 0.556. The molecule has 2 fully saturated rings. The predicted molar refractivity (Wildman–Crippen MR) is 88.2 cm³/mol. The van der Waals surface area contributed by atoms with Crippen LogP contribution < -0.4 is 9.47 Å². The van der Waals surface area contributed by atoms with Gasteiger partial charge in [-0.3, -0.25) is 4.90 Å². The number of nitrogens with zero attached hydrogens (tertiary/aromatic N) is 3. The van der Waals surface area contributed by atoms with E-state index in [1.807, 2.05) is 12.1 Å². The molecule has 1 aliphatic heterocycles. The van der Waals surface area contributed by atoms with E-state index in [1.54, 1.807) is 14.2 Å². The maximum atomic E-state index is 5.58. The number of hydrogen-bond acceptors (Lipinski definition) is 6. The summed E-state index contributed by atoms with van der Waals surface area (Å²) >= 11 is 0. The number of ether oxygens (including phenoxy) is 2. The van der Waals surface area contributed by atoms with Gasteiger partial charge in [-0.15, -0.1) is 0 Å². The fourth-order valence-corrected chi connectivity index (χ4v) is 3.47. The molecule has 4 rings (SSSR count). The highest BCUT2D eigenvalue weighted by atomic mass is 16.5. The van der Waals surface area contributed by atoms with Crippen molar-refractivity contribution in [3.8, 4) is 11.5 Å². The molecule has 2 aromatic rings. The largest absolute Gasteiger partial charge is 0.497 e. The lowest BCUT2D eigenvalue weighted by molar-refractivity contribution is 0.209. The third kappa shape index (κ3) is 2.98. The van der Waals surface area contributed by atoms with Crippen LogP contribution in [-0.4, -0.2) is 35.8 Å². The summed E-state index contributed by atoms with van der Waals surface area (Å²) in [5.74, 6) is 3.80. The first kappa shape index (κ1) is 15.4. The summed E-state index contributed by atoms with van der Waals surface area (Å²) in [4.78, 5) is 6.96. The molecule has 0 N–H and O–H groups in total. The third-order valence-electron chi connectivity index (χ3n) is 4.93. The van der Waals surface area contributed by atoms with Gasteiger partial charge in [0.25, 0.3) is 0 Å². The Balaban J connectivity index is 1.53. The quantitative estimate of drug-likeness (QED) is 0.810. The van der Waals surface area contributed by atoms with E-state index < -0.39 is 0 Å². The summed E-state index contributed by atoms with van der Waals surface area (Å²) in [6.45, 7) is 1.72. The smallest absolute Gasteiger partial charge is 0.240 e. The first-order valence-electron chi connectivity index (χ1n) is 8.57. The third-order valence-corrected chi connectivity index (χ3v) is 4.93. The van der Waals surface area contributed by atoms with Gasteiger partial charge >= 0.3 is 0 Å². The van der Waals surface area contributed by atoms with Crippen LogP contribution in [0.15, 0.2) is 22.7 Å². The van der Waals surface area contributed by atoms with Gasteiger partial charge in [0.2, 0.25) is 5.89 Å². The number of methoxy groups -OCH3 is 2. The molecule has 24 heavy (non-hydrogen) atoms. The van der Waals surface area contributed by atoms with Crippen molar-refractivity contribution in [3.05, 3.63) is 35.5 Å². The molecule has 1 aromatic carbocycles. The van der Waals surface area contributed by atoms with E-state index in [2.05, 4.69) is 21.1 Å². The molecule has 0 bridgehead atoms. The molecule has 0 amide bonds. The molecule has 1 atom stereocenters. The minimum absolute atomic E-state index is 0.308. The van der Waals surface area contributed by atoms with Gasteiger partial charge in [-0.1, -0.05) is 11.2 Å². The molecule has 0 unspecified atom stereocenters. The predicted octanol–water partition coefficient (Wildman–Crippen LogP) is 3.30. The molecule has 128 valence electrons. The molecule has 6 nitrogen and oxygen atoms in total. The standard InChI is InChI=1S/C18H23N3O3/c1-22-13-7-8-14(16(10-13)23-2)15-4-3-9-21(15)11-17-19-18(20-24-17)12-5-6-12/h7-8,10,12,15H,3-6,9,11H2,1-2H3/t15-/m1/s1. The van der Waals surface area contributed by atoms with Crippen LogP contribution in [0.2, 0.25) is 0 Å². The highest BCUT2D eigenvalue weighted by molar-refractivity contribution is 5.42. The summed E-state index contributed by atoms with van der Waals surface area (Å²) in [7, 11) is 3.38. The van der Waals surface area contributed by atoms with Gasteiger partial charge in [-0.05, 0) is 38.3 Å². The number of likely N-dealkylation sites (tertiary alicyclic amines) is 1. The van der Waals surface area contributed by atoms with E-state index in [0.29, 0.717) is 18.5 Å². The molecule has 1 saturated carbocycles. The van der Waals surface area contributed by atoms with Crippen LogP contribution in [-0.2, 0) is 6.54 Å². The van der Waals surface area contributed by atoms with Crippen molar-refractivity contribution in [2.24, 2.45) is 0 Å². The summed E-state index contributed by atoms with van der Waals surface area (Å²) < 4.78 is 16.3. The Morgan fingerprint density at radius 1 is 1.21 bits per heavy atom. The average Bonchev–Trinajstić information content (AvgIpc) is 3.19. The van der Waals surface area contributed by atoms with Gasteiger partial charge in [-0.25, -0.2) is 0 Å². The first-order valence-corrected chi connectivity index (χ1v) is 8.57. The second kappa shape index (κ2) is 6.43. The Morgan fingerprint density at radius 2 is 2.08 bits per heavy atom. The molecule has 2 heterocycles. The van der Waals surface area contributed by atoms with Crippen LogP contribution in [0.3, 0.4) is 0 Å². The van der Waals surface area contributed by atoms with E-state index in [9.17, 15) is 0 Å². The van der Waals surface area contributed by atoms with Gasteiger partial charge in [0.15, 0.2) is 5.82 Å². The lowest BCUT2D eigenvalue weighted by Gasteiger charge is -2.25. The van der Waals surface area contributed by atoms with Crippen molar-refractivity contribution in [1.29, 1.82) is 0 Å². The summed E-state index contributed by atoms with van der Waals surface area (Å²) in [5.41, 5.74) is 1.19. The molecule has 1 saturated heterocycles. The molecular weight excluding hydrogens is 306 g/mol. The van der Waals surface area contributed by atoms with Crippen LogP contribution in [0.4, 0.5) is 0 Å². The zero-order valence-corrected chi connectivity index (χ0v) is 14.2. The van der Waals surface area contributed by atoms with E-state index in [0.717, 1.165) is 42.6 Å². The van der Waals surface area contributed by atoms with Gasteiger partial charge in [0.1, 0.15) is 11.5 Å². The van der Waals surface area contributed by atoms with Gasteiger partial charge < -0.3 is 14.0 Å². The minimum atomic E-state index is 0.308. The van der Waals surface area contributed by atoms with Gasteiger partial charge in [-0.2, -0.15) is 4.98 Å². The summed E-state index contributed by atoms with van der Waals surface area (Å²) in [6.07, 6.45) is 4.64. The monoisotopic (exact) mass is 329 g/mol. The molecular formula is C18H23N3O3. The normalized spacial score (nSPS) is 21.2. The molecule has 2 aliphatic rings. The minimum Gasteiger partial charge on any atom is -0.497 e. The Morgan fingerprint density at radius 3 is 2.83 bits per heavy atom. The molecule has 6 heteroatoms. The lowest BCUT2D eigenvalue weighted by atomic mass is 10.0. The van der Waals surface area contributed by atoms with E-state index in [-0.39, 0.29) is 0 Å². The zero-order chi connectivity index (χ0) is 16.5. The molecule has 1 aliphatic carbocycles. The Labute approximate surface area is 141 Å². The number of benzene rings is 1. The Hall–Kier alpha value is -2.08. The van der Waals surface area contributed by atoms with Gasteiger partial charge in [0.05, 0.1) is 20.8 Å². The van der Waals surface area contributed by atoms with Crippen LogP contribution in [0, 0.1) is 0 Å². The van der Waals surface area contributed by atoms with Crippen molar-refractivity contribution in [2.45, 2.75) is 44.2 Å². The first-order chi connectivity index (χ1) is 11.8. The van der Waals surface area contributed by atoms with Crippen LogP contribution >= 0.6 is 0 Å². The summed E-state index contributed by atoms with van der Waals surface area (Å²) in [6, 6.07) is 6.35. The second-order valence-electron chi connectivity index (χ2n) is 6.56. The second-order valence-corrected chi connectivity index (χ2v) is 6.56. The van der Waals surface area contributed by atoms with Crippen molar-refractivity contribution in [3.63, 3.8) is 0 Å². The van der Waals surface area contributed by atoms with Crippen molar-refractivity contribution < 1.29 is 14.0 Å². The van der Waals surface area contributed by atoms with Gasteiger partial charge in [0, 0.05) is 23.6 Å². The zero-order valence-electron chi connectivity index (χ0n) is 14.2. The van der Waals surface area contributed by atoms with E-state index in [4.69, 9.17) is 14.0 Å². The fourth-order valence-electron chi connectivity index (χ4n) is 3.47. The number of aromatic nitrogens is 2. The SMILES string of the molecule is COc1ccc([C@H]2CCCN2Cc2nc(C3CC3)no2)c(OC)c1. The van der Waals surface area contributed by atoms with Crippen molar-refractivity contribution in [1.82, 2.24) is 15.0 Å². The topological polar surface area (TPSA) is 60.6 Å². The van der Waals surface area contributed by atoms with Crippen LogP contribution in [0.5, 0.6) is 11.5 Å². The van der Waals surface area contributed by atoms with Crippen molar-refractivity contribution >= 4 is 0 Å². The molecule has 1 aromatic heterocycles. The number of rotatable bonds is 6. The van der Waals surface area contributed by atoms with E-state index >= 15 is 0 Å². The molecule has 0 radical (unpaired) electrons. The van der Waals surface area contributed by atoms with E-state index in [1.165, 1.54) is 18.4 Å².